The molecule has 6 heteroatoms. The van der Waals surface area contributed by atoms with E-state index in [1.165, 1.54) is 33.1 Å². The Morgan fingerprint density at radius 2 is 1.65 bits per heavy atom. The van der Waals surface area contributed by atoms with Crippen LogP contribution in [-0.4, -0.2) is 24.0 Å². The van der Waals surface area contributed by atoms with Crippen LogP contribution in [0.5, 0.6) is 11.5 Å². The standard InChI is InChI=1S/C11H14N2O4/c1-6(14)12-8-4-9(13-7(2)15)11(17-3)5-10(8)16/h4-5,16H,1-3H3,(H,12,14)(H,13,15). The van der Waals surface area contributed by atoms with Crippen LogP contribution in [0.1, 0.15) is 13.8 Å². The number of ether oxygens (including phenoxy) is 1. The van der Waals surface area contributed by atoms with Gasteiger partial charge in [-0.15, -0.1) is 0 Å². The Labute approximate surface area is 98.6 Å². The Balaban J connectivity index is 3.16. The van der Waals surface area contributed by atoms with Gasteiger partial charge in [0.25, 0.3) is 0 Å². The first-order valence-electron chi connectivity index (χ1n) is 4.90. The number of anilines is 2. The van der Waals surface area contributed by atoms with E-state index in [0.717, 1.165) is 0 Å². The highest BCUT2D eigenvalue weighted by molar-refractivity contribution is 5.95. The number of benzene rings is 1. The number of carbonyl (C=O) groups is 2. The van der Waals surface area contributed by atoms with Crippen molar-refractivity contribution in [2.75, 3.05) is 17.7 Å². The van der Waals surface area contributed by atoms with Gasteiger partial charge in [-0.05, 0) is 6.07 Å². The van der Waals surface area contributed by atoms with E-state index in [2.05, 4.69) is 10.6 Å². The molecule has 6 nitrogen and oxygen atoms in total. The number of hydrogen-bond acceptors (Lipinski definition) is 4. The summed E-state index contributed by atoms with van der Waals surface area (Å²) in [6.07, 6.45) is 0. The van der Waals surface area contributed by atoms with Gasteiger partial charge in [0.05, 0.1) is 18.5 Å². The van der Waals surface area contributed by atoms with Crippen LogP contribution in [0, 0.1) is 0 Å². The first kappa shape index (κ1) is 12.8. The van der Waals surface area contributed by atoms with E-state index in [4.69, 9.17) is 4.74 Å². The van der Waals surface area contributed by atoms with E-state index >= 15 is 0 Å². The van der Waals surface area contributed by atoms with Gasteiger partial charge in [-0.25, -0.2) is 0 Å². The van der Waals surface area contributed by atoms with Crippen LogP contribution in [0.3, 0.4) is 0 Å². The summed E-state index contributed by atoms with van der Waals surface area (Å²) in [7, 11) is 1.41. The fraction of sp³-hybridized carbons (Fsp3) is 0.273. The number of nitrogens with one attached hydrogen (secondary N) is 2. The van der Waals surface area contributed by atoms with Crippen molar-refractivity contribution in [3.63, 3.8) is 0 Å². The van der Waals surface area contributed by atoms with Gasteiger partial charge in [0.15, 0.2) is 0 Å². The van der Waals surface area contributed by atoms with E-state index in [1.54, 1.807) is 0 Å². The van der Waals surface area contributed by atoms with Crippen molar-refractivity contribution in [1.29, 1.82) is 0 Å². The average molecular weight is 238 g/mol. The topological polar surface area (TPSA) is 87.7 Å². The highest BCUT2D eigenvalue weighted by Gasteiger charge is 2.11. The lowest BCUT2D eigenvalue weighted by Gasteiger charge is -2.12. The lowest BCUT2D eigenvalue weighted by atomic mass is 10.2. The Hall–Kier alpha value is -2.24. The third kappa shape index (κ3) is 3.37. The van der Waals surface area contributed by atoms with E-state index in [1.807, 2.05) is 0 Å². The van der Waals surface area contributed by atoms with Crippen LogP contribution in [-0.2, 0) is 9.59 Å². The Kier molecular flexibility index (Phi) is 3.92. The number of methoxy groups -OCH3 is 1. The molecular formula is C11H14N2O4. The summed E-state index contributed by atoms with van der Waals surface area (Å²) >= 11 is 0. The second-order valence-electron chi connectivity index (χ2n) is 3.43. The zero-order valence-electron chi connectivity index (χ0n) is 9.83. The van der Waals surface area contributed by atoms with Crippen molar-refractivity contribution in [3.05, 3.63) is 12.1 Å². The molecule has 0 bridgehead atoms. The third-order valence-electron chi connectivity index (χ3n) is 1.94. The normalized spacial score (nSPS) is 9.59. The van der Waals surface area contributed by atoms with E-state index in [9.17, 15) is 14.7 Å². The van der Waals surface area contributed by atoms with Crippen LogP contribution < -0.4 is 15.4 Å². The second-order valence-corrected chi connectivity index (χ2v) is 3.43. The molecule has 0 heterocycles. The molecule has 0 atom stereocenters. The van der Waals surface area contributed by atoms with Gasteiger partial charge in [-0.3, -0.25) is 9.59 Å². The molecular weight excluding hydrogens is 224 g/mol. The maximum absolute atomic E-state index is 11.0. The largest absolute Gasteiger partial charge is 0.506 e. The van der Waals surface area contributed by atoms with Gasteiger partial charge in [0, 0.05) is 19.9 Å². The zero-order valence-corrected chi connectivity index (χ0v) is 9.83. The minimum Gasteiger partial charge on any atom is -0.506 e. The molecule has 0 aliphatic carbocycles. The van der Waals surface area contributed by atoms with Crippen LogP contribution in [0.4, 0.5) is 11.4 Å². The van der Waals surface area contributed by atoms with Crippen molar-refractivity contribution in [3.8, 4) is 11.5 Å². The fourth-order valence-corrected chi connectivity index (χ4v) is 1.32. The monoisotopic (exact) mass is 238 g/mol. The number of phenolic OH excluding ortho intramolecular Hbond substituents is 1. The highest BCUT2D eigenvalue weighted by atomic mass is 16.5. The SMILES string of the molecule is COc1cc(O)c(NC(C)=O)cc1NC(C)=O. The minimum atomic E-state index is -0.320. The molecule has 0 saturated carbocycles. The Morgan fingerprint density at radius 3 is 2.12 bits per heavy atom. The van der Waals surface area contributed by atoms with Gasteiger partial charge >= 0.3 is 0 Å². The number of aromatic hydroxyl groups is 1. The van der Waals surface area contributed by atoms with Crippen LogP contribution in [0.25, 0.3) is 0 Å². The van der Waals surface area contributed by atoms with Gasteiger partial charge < -0.3 is 20.5 Å². The average Bonchev–Trinajstić information content (AvgIpc) is 2.21. The molecule has 17 heavy (non-hydrogen) atoms. The molecule has 0 radical (unpaired) electrons. The molecule has 1 aromatic carbocycles. The maximum Gasteiger partial charge on any atom is 0.221 e. The lowest BCUT2D eigenvalue weighted by molar-refractivity contribution is -0.115. The molecule has 1 aromatic rings. The van der Waals surface area contributed by atoms with Crippen molar-refractivity contribution in [2.45, 2.75) is 13.8 Å². The quantitative estimate of drug-likeness (QED) is 0.547. The predicted molar refractivity (Wildman–Crippen MR) is 63.3 cm³/mol. The number of hydrogen-bond donors (Lipinski definition) is 3. The predicted octanol–water partition coefficient (Wildman–Crippen LogP) is 1.32. The smallest absolute Gasteiger partial charge is 0.221 e. The van der Waals surface area contributed by atoms with Crippen LogP contribution in [0.2, 0.25) is 0 Å². The molecule has 1 rings (SSSR count). The molecule has 0 aliphatic heterocycles. The van der Waals surface area contributed by atoms with Gasteiger partial charge in [-0.1, -0.05) is 0 Å². The highest BCUT2D eigenvalue weighted by Crippen LogP contribution is 2.35. The molecule has 0 spiro atoms. The van der Waals surface area contributed by atoms with Crippen LogP contribution in [0.15, 0.2) is 12.1 Å². The van der Waals surface area contributed by atoms with Crippen molar-refractivity contribution in [2.24, 2.45) is 0 Å². The summed E-state index contributed by atoms with van der Waals surface area (Å²) in [5.41, 5.74) is 0.587. The number of amides is 2. The summed E-state index contributed by atoms with van der Waals surface area (Å²) in [4.78, 5) is 21.9. The molecule has 2 amide bonds. The number of carbonyl (C=O) groups excluding carboxylic acids is 2. The third-order valence-corrected chi connectivity index (χ3v) is 1.94. The summed E-state index contributed by atoms with van der Waals surface area (Å²) in [6.45, 7) is 2.67. The minimum absolute atomic E-state index is 0.133. The Bertz CT molecular complexity index is 457. The summed E-state index contributed by atoms with van der Waals surface area (Å²) in [5.74, 6) is -0.417. The molecule has 0 unspecified atom stereocenters. The number of rotatable bonds is 3. The molecule has 0 fully saturated rings. The summed E-state index contributed by atoms with van der Waals surface area (Å²) in [6, 6.07) is 2.74. The van der Waals surface area contributed by atoms with Gasteiger partial charge in [0.1, 0.15) is 11.5 Å². The summed E-state index contributed by atoms with van der Waals surface area (Å²) < 4.78 is 5.00. The van der Waals surface area contributed by atoms with E-state index in [-0.39, 0.29) is 23.3 Å². The molecule has 0 saturated heterocycles. The number of phenols is 1. The first-order valence-corrected chi connectivity index (χ1v) is 4.90. The lowest BCUT2D eigenvalue weighted by Crippen LogP contribution is -2.10. The molecule has 3 N–H and O–H groups in total. The van der Waals surface area contributed by atoms with Crippen molar-refractivity contribution >= 4 is 23.2 Å². The van der Waals surface area contributed by atoms with E-state index < -0.39 is 0 Å². The molecule has 0 aromatic heterocycles. The van der Waals surface area contributed by atoms with Crippen molar-refractivity contribution < 1.29 is 19.4 Å². The van der Waals surface area contributed by atoms with E-state index in [0.29, 0.717) is 11.4 Å². The Morgan fingerprint density at radius 1 is 1.12 bits per heavy atom. The maximum atomic E-state index is 11.0. The van der Waals surface area contributed by atoms with Crippen molar-refractivity contribution in [1.82, 2.24) is 0 Å². The zero-order chi connectivity index (χ0) is 13.0. The van der Waals surface area contributed by atoms with Gasteiger partial charge in [-0.2, -0.15) is 0 Å². The fourth-order valence-electron chi connectivity index (χ4n) is 1.32. The van der Waals surface area contributed by atoms with Crippen LogP contribution >= 0.6 is 0 Å². The van der Waals surface area contributed by atoms with Gasteiger partial charge in [0.2, 0.25) is 11.8 Å². The second kappa shape index (κ2) is 5.20. The first-order chi connectivity index (χ1) is 7.93. The summed E-state index contributed by atoms with van der Waals surface area (Å²) in [5, 5.41) is 14.6. The molecule has 0 aliphatic rings. The molecule has 92 valence electrons.